The molecule has 19 heavy (non-hydrogen) atoms. The van der Waals surface area contributed by atoms with Gasteiger partial charge in [-0.2, -0.15) is 10.7 Å². The fraction of sp³-hybridized carbons (Fsp3) is 0.333. The number of hydrogen-bond donors (Lipinski definition) is 2. The molecule has 0 unspecified atom stereocenters. The minimum Gasteiger partial charge on any atom is -0.494 e. The highest BCUT2D eigenvalue weighted by atomic mass is 16.7. The van der Waals surface area contributed by atoms with Crippen molar-refractivity contribution in [3.8, 4) is 11.5 Å². The van der Waals surface area contributed by atoms with Crippen molar-refractivity contribution in [2.45, 2.75) is 6.92 Å². The van der Waals surface area contributed by atoms with Crippen LogP contribution < -0.4 is 20.4 Å². The molecule has 0 saturated heterocycles. The molecule has 0 heterocycles. The highest BCUT2D eigenvalue weighted by Crippen LogP contribution is 2.33. The first kappa shape index (κ1) is 14.8. The molecule has 0 aliphatic carbocycles. The third-order valence-electron chi connectivity index (χ3n) is 2.12. The molecule has 0 aliphatic rings. The van der Waals surface area contributed by atoms with Crippen LogP contribution in [0.25, 0.3) is 0 Å². The maximum Gasteiger partial charge on any atom is 0.268 e. The smallest absolute Gasteiger partial charge is 0.268 e. The van der Waals surface area contributed by atoms with Gasteiger partial charge >= 0.3 is 0 Å². The van der Waals surface area contributed by atoms with Crippen LogP contribution in [-0.2, 0) is 9.63 Å². The summed E-state index contributed by atoms with van der Waals surface area (Å²) in [6, 6.07) is 5.19. The molecule has 0 atom stereocenters. The zero-order valence-corrected chi connectivity index (χ0v) is 11.1. The van der Waals surface area contributed by atoms with Crippen molar-refractivity contribution in [3.05, 3.63) is 18.2 Å². The van der Waals surface area contributed by atoms with Crippen molar-refractivity contribution < 1.29 is 19.1 Å². The third-order valence-corrected chi connectivity index (χ3v) is 2.12. The first-order valence-electron chi connectivity index (χ1n) is 5.64. The lowest BCUT2D eigenvalue weighted by Gasteiger charge is -2.12. The predicted molar refractivity (Wildman–Crippen MR) is 71.4 cm³/mol. The third kappa shape index (κ3) is 4.47. The van der Waals surface area contributed by atoms with Crippen LogP contribution in [-0.4, -0.2) is 32.9 Å². The second-order valence-electron chi connectivity index (χ2n) is 3.31. The maximum atomic E-state index is 11.6. The van der Waals surface area contributed by atoms with Crippen LogP contribution in [0.15, 0.2) is 23.3 Å². The molecule has 7 nitrogen and oxygen atoms in total. The molecule has 1 amide bonds. The Labute approximate surface area is 111 Å². The summed E-state index contributed by atoms with van der Waals surface area (Å²) in [6.45, 7) is 2.24. The van der Waals surface area contributed by atoms with Crippen LogP contribution in [0.5, 0.6) is 11.5 Å². The van der Waals surface area contributed by atoms with Gasteiger partial charge in [-0.05, 0) is 19.1 Å². The summed E-state index contributed by atoms with van der Waals surface area (Å²) in [7, 11) is 3.02. The van der Waals surface area contributed by atoms with Crippen molar-refractivity contribution in [3.63, 3.8) is 0 Å². The minimum absolute atomic E-state index is 0.435. The van der Waals surface area contributed by atoms with Gasteiger partial charge in [0.15, 0.2) is 0 Å². The number of ether oxygens (including phenoxy) is 2. The number of para-hydroxylation sites is 1. The summed E-state index contributed by atoms with van der Waals surface area (Å²) in [5.74, 6) is 0.563. The minimum atomic E-state index is -0.435. The second kappa shape index (κ2) is 7.93. The molecule has 0 radical (unpaired) electrons. The molecular formula is C12H17N3O4. The van der Waals surface area contributed by atoms with Gasteiger partial charge in [-0.1, -0.05) is 6.07 Å². The molecule has 1 rings (SSSR count). The highest BCUT2D eigenvalue weighted by molar-refractivity contribution is 6.32. The van der Waals surface area contributed by atoms with E-state index in [0.717, 1.165) is 6.21 Å². The Morgan fingerprint density at radius 1 is 1.32 bits per heavy atom. The Kier molecular flexibility index (Phi) is 6.17. The average Bonchev–Trinajstić information content (AvgIpc) is 2.43. The van der Waals surface area contributed by atoms with Gasteiger partial charge in [-0.3, -0.25) is 9.63 Å². The van der Waals surface area contributed by atoms with E-state index in [4.69, 9.17) is 14.3 Å². The molecular weight excluding hydrogens is 250 g/mol. The summed E-state index contributed by atoms with van der Waals surface area (Å²) in [6.07, 6.45) is 1.06. The van der Waals surface area contributed by atoms with Crippen LogP contribution in [0, 0.1) is 0 Å². The maximum absolute atomic E-state index is 11.6. The van der Waals surface area contributed by atoms with E-state index < -0.39 is 5.91 Å². The second-order valence-corrected chi connectivity index (χ2v) is 3.31. The Bertz CT molecular complexity index is 426. The molecule has 7 heteroatoms. The SMILES string of the molecule is CCON/N=C/C(=O)Nc1c(OC)cccc1OC. The van der Waals surface area contributed by atoms with E-state index in [0.29, 0.717) is 23.8 Å². The van der Waals surface area contributed by atoms with Gasteiger partial charge in [0.25, 0.3) is 5.91 Å². The number of nitrogens with zero attached hydrogens (tertiary/aromatic N) is 1. The van der Waals surface area contributed by atoms with E-state index in [-0.39, 0.29) is 0 Å². The van der Waals surface area contributed by atoms with E-state index in [1.807, 2.05) is 0 Å². The van der Waals surface area contributed by atoms with Crippen molar-refractivity contribution in [1.82, 2.24) is 5.59 Å². The van der Waals surface area contributed by atoms with Gasteiger partial charge in [0, 0.05) is 0 Å². The standard InChI is InChI=1S/C12H17N3O4/c1-4-19-15-13-8-11(16)14-12-9(17-2)6-5-7-10(12)18-3/h5-8,15H,4H2,1-3H3,(H,14,16)/b13-8+. The summed E-state index contributed by atoms with van der Waals surface area (Å²) >= 11 is 0. The number of nitrogens with one attached hydrogen (secondary N) is 2. The van der Waals surface area contributed by atoms with Gasteiger partial charge in [-0.15, -0.1) is 0 Å². The normalized spacial score (nSPS) is 10.3. The predicted octanol–water partition coefficient (Wildman–Crippen LogP) is 1.17. The van der Waals surface area contributed by atoms with Crippen molar-refractivity contribution in [1.29, 1.82) is 0 Å². The number of hydrazone groups is 1. The van der Waals surface area contributed by atoms with E-state index in [1.54, 1.807) is 25.1 Å². The van der Waals surface area contributed by atoms with Crippen molar-refractivity contribution in [2.75, 3.05) is 26.1 Å². The van der Waals surface area contributed by atoms with Crippen molar-refractivity contribution in [2.24, 2.45) is 5.10 Å². The molecule has 2 N–H and O–H groups in total. The zero-order valence-electron chi connectivity index (χ0n) is 11.1. The Hall–Kier alpha value is -2.28. The highest BCUT2D eigenvalue weighted by Gasteiger charge is 2.11. The monoisotopic (exact) mass is 267 g/mol. The number of benzene rings is 1. The lowest BCUT2D eigenvalue weighted by atomic mass is 10.2. The fourth-order valence-electron chi connectivity index (χ4n) is 1.32. The van der Waals surface area contributed by atoms with Gasteiger partial charge in [-0.25, -0.2) is 0 Å². The van der Waals surface area contributed by atoms with Crippen LogP contribution in [0.3, 0.4) is 0 Å². The molecule has 0 saturated carbocycles. The van der Waals surface area contributed by atoms with Crippen LogP contribution in [0.1, 0.15) is 6.92 Å². The number of carbonyl (C=O) groups is 1. The van der Waals surface area contributed by atoms with Gasteiger partial charge < -0.3 is 14.8 Å². The number of amides is 1. The fourth-order valence-corrected chi connectivity index (χ4v) is 1.32. The number of anilines is 1. The lowest BCUT2D eigenvalue weighted by Crippen LogP contribution is -2.17. The quantitative estimate of drug-likeness (QED) is 0.440. The van der Waals surface area contributed by atoms with Crippen molar-refractivity contribution >= 4 is 17.8 Å². The first-order valence-corrected chi connectivity index (χ1v) is 5.64. The van der Waals surface area contributed by atoms with Gasteiger partial charge in [0.05, 0.1) is 20.8 Å². The molecule has 104 valence electrons. The molecule has 1 aromatic carbocycles. The van der Waals surface area contributed by atoms with Gasteiger partial charge in [0.1, 0.15) is 23.4 Å². The summed E-state index contributed by atoms with van der Waals surface area (Å²) in [5.41, 5.74) is 2.70. The Morgan fingerprint density at radius 2 is 1.95 bits per heavy atom. The summed E-state index contributed by atoms with van der Waals surface area (Å²) in [5, 5.41) is 6.20. The van der Waals surface area contributed by atoms with E-state index in [9.17, 15) is 4.79 Å². The van der Waals surface area contributed by atoms with Crippen LogP contribution >= 0.6 is 0 Å². The summed E-state index contributed by atoms with van der Waals surface area (Å²) in [4.78, 5) is 16.4. The molecule has 0 aliphatic heterocycles. The topological polar surface area (TPSA) is 81.2 Å². The molecule has 0 spiro atoms. The number of rotatable bonds is 7. The van der Waals surface area contributed by atoms with Crippen LogP contribution in [0.2, 0.25) is 0 Å². The largest absolute Gasteiger partial charge is 0.494 e. The molecule has 0 fully saturated rings. The average molecular weight is 267 g/mol. The number of methoxy groups -OCH3 is 2. The summed E-state index contributed by atoms with van der Waals surface area (Å²) < 4.78 is 10.3. The van der Waals surface area contributed by atoms with E-state index in [2.05, 4.69) is 16.0 Å². The zero-order chi connectivity index (χ0) is 14.1. The molecule has 1 aromatic rings. The van der Waals surface area contributed by atoms with E-state index >= 15 is 0 Å². The van der Waals surface area contributed by atoms with Crippen LogP contribution in [0.4, 0.5) is 5.69 Å². The molecule has 0 bridgehead atoms. The molecule has 0 aromatic heterocycles. The number of hydrogen-bond acceptors (Lipinski definition) is 6. The lowest BCUT2D eigenvalue weighted by molar-refractivity contribution is -0.110. The first-order chi connectivity index (χ1) is 9.22. The Morgan fingerprint density at radius 3 is 2.47 bits per heavy atom. The van der Waals surface area contributed by atoms with E-state index in [1.165, 1.54) is 14.2 Å². The van der Waals surface area contributed by atoms with Gasteiger partial charge in [0.2, 0.25) is 0 Å². The number of carbonyl (C=O) groups excluding carboxylic acids is 1. The Balaban J connectivity index is 2.75.